The maximum absolute atomic E-state index is 6.10. The highest BCUT2D eigenvalue weighted by Crippen LogP contribution is 2.41. The summed E-state index contributed by atoms with van der Waals surface area (Å²) in [5, 5.41) is 4.90. The molecule has 2 fully saturated rings. The summed E-state index contributed by atoms with van der Waals surface area (Å²) in [4.78, 5) is 10.2. The summed E-state index contributed by atoms with van der Waals surface area (Å²) in [6.45, 7) is 5.45. The number of nitrogens with zero attached hydrogens (tertiary/aromatic N) is 1. The Balaban J connectivity index is 1.51. The Morgan fingerprint density at radius 2 is 2.11 bits per heavy atom. The van der Waals surface area contributed by atoms with E-state index in [1.54, 1.807) is 7.11 Å². The Kier molecular flexibility index (Phi) is 4.77. The smallest absolute Gasteiger partial charge is 0.163 e. The average Bonchev–Trinajstić information content (AvgIpc) is 3.22. The fourth-order valence-corrected chi connectivity index (χ4v) is 4.27. The van der Waals surface area contributed by atoms with Gasteiger partial charge in [-0.25, -0.2) is 5.48 Å². The van der Waals surface area contributed by atoms with E-state index in [1.807, 2.05) is 6.07 Å². The van der Waals surface area contributed by atoms with Gasteiger partial charge in [-0.15, -0.1) is 0 Å². The van der Waals surface area contributed by atoms with E-state index < -0.39 is 0 Å². The highest BCUT2D eigenvalue weighted by Gasteiger charge is 2.27. The van der Waals surface area contributed by atoms with E-state index in [1.165, 1.54) is 29.8 Å². The number of fused-ring (bicyclic) bond motifs is 2. The van der Waals surface area contributed by atoms with Crippen molar-refractivity contribution in [2.45, 2.75) is 32.6 Å². The van der Waals surface area contributed by atoms with E-state index in [0.717, 1.165) is 54.3 Å². The van der Waals surface area contributed by atoms with Crippen LogP contribution in [0.25, 0.3) is 10.9 Å². The fourth-order valence-electron chi connectivity index (χ4n) is 4.27. The molecule has 0 radical (unpaired) electrons. The molecule has 0 amide bonds. The van der Waals surface area contributed by atoms with E-state index >= 15 is 0 Å². The van der Waals surface area contributed by atoms with Gasteiger partial charge in [0, 0.05) is 41.8 Å². The van der Waals surface area contributed by atoms with Gasteiger partial charge in [0.05, 0.1) is 25.8 Å². The van der Waals surface area contributed by atoms with Crippen LogP contribution in [0.2, 0.25) is 0 Å². The van der Waals surface area contributed by atoms with Crippen LogP contribution in [-0.4, -0.2) is 38.4 Å². The van der Waals surface area contributed by atoms with Gasteiger partial charge in [0.1, 0.15) is 0 Å². The summed E-state index contributed by atoms with van der Waals surface area (Å²) in [7, 11) is 1.70. The van der Waals surface area contributed by atoms with Crippen LogP contribution in [0.4, 0.5) is 5.69 Å². The Morgan fingerprint density at radius 3 is 2.86 bits per heavy atom. The predicted octanol–water partition coefficient (Wildman–Crippen LogP) is 3.33. The van der Waals surface area contributed by atoms with Gasteiger partial charge in [-0.05, 0) is 49.1 Å². The molecule has 0 spiro atoms. The molecule has 1 saturated carbocycles. The van der Waals surface area contributed by atoms with Crippen LogP contribution in [0.15, 0.2) is 12.1 Å². The molecule has 1 aliphatic heterocycles. The normalized spacial score (nSPS) is 23.8. The van der Waals surface area contributed by atoms with E-state index in [0.29, 0.717) is 25.0 Å². The lowest BCUT2D eigenvalue weighted by molar-refractivity contribution is 0.0925. The minimum atomic E-state index is 0.352. The van der Waals surface area contributed by atoms with Crippen molar-refractivity contribution in [1.82, 2.24) is 10.5 Å². The standard InChI is InChI=1S/C22H29N3O3/c1-13-5-16-18(6-13)25-19-8-21(27-11-15-10-24-28-12-15)20(26-2)7-17(19)22(16)23-9-14-3-4-14/h7-8,13-15,24H,3-6,9-12H2,1-2H3,(H,23,25). The number of methoxy groups -OCH3 is 1. The van der Waals surface area contributed by atoms with Gasteiger partial charge in [0.2, 0.25) is 0 Å². The molecule has 28 heavy (non-hydrogen) atoms. The minimum Gasteiger partial charge on any atom is -0.493 e. The van der Waals surface area contributed by atoms with Crippen molar-refractivity contribution in [3.05, 3.63) is 23.4 Å². The summed E-state index contributed by atoms with van der Waals surface area (Å²) in [5.41, 5.74) is 7.78. The largest absolute Gasteiger partial charge is 0.493 e. The number of pyridine rings is 1. The van der Waals surface area contributed by atoms with Gasteiger partial charge in [0.25, 0.3) is 0 Å². The lowest BCUT2D eigenvalue weighted by Crippen LogP contribution is -2.17. The molecule has 1 saturated heterocycles. The summed E-state index contributed by atoms with van der Waals surface area (Å²) in [6, 6.07) is 4.14. The monoisotopic (exact) mass is 383 g/mol. The molecule has 3 aliphatic rings. The van der Waals surface area contributed by atoms with Crippen LogP contribution in [0.3, 0.4) is 0 Å². The van der Waals surface area contributed by atoms with Gasteiger partial charge in [-0.2, -0.15) is 0 Å². The lowest BCUT2D eigenvalue weighted by Gasteiger charge is -2.18. The molecule has 2 aliphatic carbocycles. The zero-order chi connectivity index (χ0) is 19.1. The number of benzene rings is 1. The van der Waals surface area contributed by atoms with Gasteiger partial charge in [-0.1, -0.05) is 6.92 Å². The molecule has 2 atom stereocenters. The van der Waals surface area contributed by atoms with Crippen LogP contribution in [0.1, 0.15) is 31.0 Å². The van der Waals surface area contributed by atoms with Gasteiger partial charge < -0.3 is 19.6 Å². The first kappa shape index (κ1) is 18.0. The number of nitrogens with one attached hydrogen (secondary N) is 2. The molecule has 2 heterocycles. The third kappa shape index (κ3) is 3.51. The Bertz CT molecular complexity index is 875. The van der Waals surface area contributed by atoms with Crippen LogP contribution in [0.5, 0.6) is 11.5 Å². The molecule has 1 aromatic heterocycles. The average molecular weight is 383 g/mol. The number of rotatable bonds is 7. The van der Waals surface area contributed by atoms with Crippen molar-refractivity contribution in [2.24, 2.45) is 17.8 Å². The van der Waals surface area contributed by atoms with Crippen molar-refractivity contribution < 1.29 is 14.3 Å². The van der Waals surface area contributed by atoms with Gasteiger partial charge in [-0.3, -0.25) is 4.98 Å². The molecule has 6 heteroatoms. The van der Waals surface area contributed by atoms with Crippen molar-refractivity contribution in [3.8, 4) is 11.5 Å². The minimum absolute atomic E-state index is 0.352. The molecule has 2 unspecified atom stereocenters. The maximum Gasteiger partial charge on any atom is 0.163 e. The second-order valence-electron chi connectivity index (χ2n) is 8.61. The zero-order valence-electron chi connectivity index (χ0n) is 16.7. The predicted molar refractivity (Wildman–Crippen MR) is 109 cm³/mol. The Hall–Kier alpha value is -2.05. The second kappa shape index (κ2) is 7.41. The summed E-state index contributed by atoms with van der Waals surface area (Å²) >= 11 is 0. The molecule has 2 N–H and O–H groups in total. The van der Waals surface area contributed by atoms with Gasteiger partial charge in [0.15, 0.2) is 11.5 Å². The van der Waals surface area contributed by atoms with Crippen molar-refractivity contribution in [2.75, 3.05) is 38.7 Å². The Morgan fingerprint density at radius 1 is 1.21 bits per heavy atom. The van der Waals surface area contributed by atoms with E-state index in [-0.39, 0.29) is 0 Å². The molecule has 5 rings (SSSR count). The molecule has 6 nitrogen and oxygen atoms in total. The zero-order valence-corrected chi connectivity index (χ0v) is 16.7. The number of hydrogen-bond donors (Lipinski definition) is 2. The second-order valence-corrected chi connectivity index (χ2v) is 8.61. The van der Waals surface area contributed by atoms with E-state index in [2.05, 4.69) is 23.8 Å². The number of hydrogen-bond acceptors (Lipinski definition) is 6. The molecular formula is C22H29N3O3. The van der Waals surface area contributed by atoms with Crippen LogP contribution in [-0.2, 0) is 17.7 Å². The van der Waals surface area contributed by atoms with Crippen molar-refractivity contribution in [1.29, 1.82) is 0 Å². The first-order chi connectivity index (χ1) is 13.7. The van der Waals surface area contributed by atoms with Gasteiger partial charge >= 0.3 is 0 Å². The first-order valence-corrected chi connectivity index (χ1v) is 10.5. The quantitative estimate of drug-likeness (QED) is 0.765. The highest BCUT2D eigenvalue weighted by atomic mass is 16.7. The number of aromatic nitrogens is 1. The van der Waals surface area contributed by atoms with E-state index in [9.17, 15) is 0 Å². The topological polar surface area (TPSA) is 64.6 Å². The van der Waals surface area contributed by atoms with E-state index in [4.69, 9.17) is 19.3 Å². The number of anilines is 1. The fraction of sp³-hybridized carbons (Fsp3) is 0.591. The SMILES string of the molecule is COc1cc2c(NCC3CC3)c3c(nc2cc1OCC1CNOC1)CC(C)C3. The Labute approximate surface area is 165 Å². The first-order valence-electron chi connectivity index (χ1n) is 10.5. The van der Waals surface area contributed by atoms with Crippen LogP contribution < -0.4 is 20.3 Å². The van der Waals surface area contributed by atoms with Crippen molar-refractivity contribution in [3.63, 3.8) is 0 Å². The maximum atomic E-state index is 6.10. The summed E-state index contributed by atoms with van der Waals surface area (Å²) in [5.74, 6) is 3.35. The summed E-state index contributed by atoms with van der Waals surface area (Å²) in [6.07, 6.45) is 4.84. The molecule has 1 aromatic carbocycles. The lowest BCUT2D eigenvalue weighted by atomic mass is 10.0. The summed E-state index contributed by atoms with van der Waals surface area (Å²) < 4.78 is 11.8. The molecule has 150 valence electrons. The van der Waals surface area contributed by atoms with Crippen LogP contribution >= 0.6 is 0 Å². The number of ether oxygens (including phenoxy) is 2. The highest BCUT2D eigenvalue weighted by molar-refractivity contribution is 5.96. The molecular weight excluding hydrogens is 354 g/mol. The van der Waals surface area contributed by atoms with Crippen LogP contribution in [0, 0.1) is 17.8 Å². The van der Waals surface area contributed by atoms with Crippen molar-refractivity contribution >= 4 is 16.6 Å². The third-order valence-corrected chi connectivity index (χ3v) is 6.08. The molecule has 0 bridgehead atoms. The third-order valence-electron chi connectivity index (χ3n) is 6.08. The molecule has 2 aromatic rings. The number of hydroxylamine groups is 1.